The zero-order valence-corrected chi connectivity index (χ0v) is 22.7. The number of fused-ring (bicyclic) bond motifs is 1. The van der Waals surface area contributed by atoms with Gasteiger partial charge in [0, 0.05) is 35.9 Å². The van der Waals surface area contributed by atoms with Crippen LogP contribution < -0.4 is 30.2 Å². The molecule has 1 atom stereocenters. The lowest BCUT2D eigenvalue weighted by Crippen LogP contribution is -2.37. The van der Waals surface area contributed by atoms with Crippen LogP contribution in [-0.4, -0.2) is 49.6 Å². The fraction of sp³-hybridized carbons (Fsp3) is 0.414. The van der Waals surface area contributed by atoms with Gasteiger partial charge in [-0.05, 0) is 69.0 Å². The zero-order valence-electron chi connectivity index (χ0n) is 22.7. The van der Waals surface area contributed by atoms with Crippen molar-refractivity contribution in [3.63, 3.8) is 0 Å². The molecule has 0 bridgehead atoms. The van der Waals surface area contributed by atoms with Gasteiger partial charge in [0.1, 0.15) is 5.75 Å². The number of amides is 2. The lowest BCUT2D eigenvalue weighted by molar-refractivity contribution is -0.136. The quantitative estimate of drug-likeness (QED) is 0.340. The Labute approximate surface area is 227 Å². The number of nitrogens with zero attached hydrogens (tertiary/aromatic N) is 1. The molecule has 2 amide bonds. The SMILES string of the molecule is COc1cc2c(Oc3ccc(NC(=O)C(=O)NCC(C)C)cc3F)ccnc2cc1OC(C)C1CCNCC1. The van der Waals surface area contributed by atoms with E-state index in [-0.39, 0.29) is 23.5 Å². The molecule has 2 heterocycles. The largest absolute Gasteiger partial charge is 0.493 e. The highest BCUT2D eigenvalue weighted by Crippen LogP contribution is 2.39. The molecule has 1 unspecified atom stereocenters. The molecule has 0 aliphatic carbocycles. The highest BCUT2D eigenvalue weighted by molar-refractivity contribution is 6.39. The molecule has 1 aliphatic heterocycles. The first-order chi connectivity index (χ1) is 18.7. The van der Waals surface area contributed by atoms with Gasteiger partial charge < -0.3 is 30.2 Å². The molecule has 1 saturated heterocycles. The number of pyridine rings is 1. The molecule has 1 aromatic heterocycles. The maximum Gasteiger partial charge on any atom is 0.313 e. The lowest BCUT2D eigenvalue weighted by Gasteiger charge is -2.29. The van der Waals surface area contributed by atoms with Gasteiger partial charge in [-0.25, -0.2) is 4.39 Å². The number of carbonyl (C=O) groups excluding carboxylic acids is 2. The van der Waals surface area contributed by atoms with Crippen molar-refractivity contribution >= 4 is 28.4 Å². The number of carbonyl (C=O) groups is 2. The van der Waals surface area contributed by atoms with Crippen LogP contribution >= 0.6 is 0 Å². The maximum atomic E-state index is 14.9. The summed E-state index contributed by atoms with van der Waals surface area (Å²) in [5.41, 5.74) is 0.743. The maximum absolute atomic E-state index is 14.9. The Bertz CT molecular complexity index is 1330. The average Bonchev–Trinajstić information content (AvgIpc) is 2.93. The van der Waals surface area contributed by atoms with Crippen molar-refractivity contribution in [2.75, 3.05) is 32.1 Å². The van der Waals surface area contributed by atoms with Crippen LogP contribution in [0.5, 0.6) is 23.0 Å². The lowest BCUT2D eigenvalue weighted by atomic mass is 9.93. The van der Waals surface area contributed by atoms with Gasteiger partial charge in [0.15, 0.2) is 23.1 Å². The van der Waals surface area contributed by atoms with Gasteiger partial charge in [-0.2, -0.15) is 0 Å². The van der Waals surface area contributed by atoms with Crippen molar-refractivity contribution in [1.82, 2.24) is 15.6 Å². The second-order valence-corrected chi connectivity index (χ2v) is 10.0. The second kappa shape index (κ2) is 12.8. The van der Waals surface area contributed by atoms with Gasteiger partial charge in [0.25, 0.3) is 0 Å². The van der Waals surface area contributed by atoms with Crippen LogP contribution in [0.1, 0.15) is 33.6 Å². The Morgan fingerprint density at radius 2 is 1.79 bits per heavy atom. The second-order valence-electron chi connectivity index (χ2n) is 10.0. The van der Waals surface area contributed by atoms with Crippen molar-refractivity contribution in [1.29, 1.82) is 0 Å². The monoisotopic (exact) mass is 538 g/mol. The summed E-state index contributed by atoms with van der Waals surface area (Å²) >= 11 is 0. The highest BCUT2D eigenvalue weighted by Gasteiger charge is 2.23. The van der Waals surface area contributed by atoms with Crippen LogP contribution in [0.15, 0.2) is 42.6 Å². The van der Waals surface area contributed by atoms with E-state index in [2.05, 4.69) is 27.9 Å². The minimum Gasteiger partial charge on any atom is -0.493 e. The number of hydrogen-bond donors (Lipinski definition) is 3. The summed E-state index contributed by atoms with van der Waals surface area (Å²) < 4.78 is 32.7. The minimum atomic E-state index is -0.872. The normalized spacial score (nSPS) is 14.6. The number of anilines is 1. The number of halogens is 1. The molecule has 3 N–H and O–H groups in total. The van der Waals surface area contributed by atoms with Gasteiger partial charge >= 0.3 is 11.8 Å². The van der Waals surface area contributed by atoms with Crippen molar-refractivity contribution < 1.29 is 28.2 Å². The molecule has 0 saturated carbocycles. The molecular formula is C29H35FN4O5. The van der Waals surface area contributed by atoms with Crippen LogP contribution in [0, 0.1) is 17.7 Å². The Hall–Kier alpha value is -3.92. The van der Waals surface area contributed by atoms with Gasteiger partial charge in [-0.3, -0.25) is 14.6 Å². The summed E-state index contributed by atoms with van der Waals surface area (Å²) in [6.45, 7) is 8.22. The van der Waals surface area contributed by atoms with E-state index in [9.17, 15) is 14.0 Å². The molecular weight excluding hydrogens is 503 g/mol. The molecule has 1 aliphatic rings. The van der Waals surface area contributed by atoms with E-state index in [0.29, 0.717) is 40.6 Å². The van der Waals surface area contributed by atoms with Crippen LogP contribution in [0.3, 0.4) is 0 Å². The number of nitrogens with one attached hydrogen (secondary N) is 3. The van der Waals surface area contributed by atoms with Gasteiger partial charge in [-0.1, -0.05) is 13.8 Å². The van der Waals surface area contributed by atoms with E-state index >= 15 is 0 Å². The molecule has 1 fully saturated rings. The fourth-order valence-electron chi connectivity index (χ4n) is 4.42. The molecule has 9 nitrogen and oxygen atoms in total. The average molecular weight is 539 g/mol. The summed E-state index contributed by atoms with van der Waals surface area (Å²) in [6.07, 6.45) is 3.68. The van der Waals surface area contributed by atoms with E-state index in [0.717, 1.165) is 32.0 Å². The predicted molar refractivity (Wildman–Crippen MR) is 147 cm³/mol. The van der Waals surface area contributed by atoms with Crippen LogP contribution in [-0.2, 0) is 9.59 Å². The Balaban J connectivity index is 1.50. The Morgan fingerprint density at radius 3 is 2.49 bits per heavy atom. The van der Waals surface area contributed by atoms with Crippen molar-refractivity contribution in [3.8, 4) is 23.0 Å². The predicted octanol–water partition coefficient (Wildman–Crippen LogP) is 4.65. The van der Waals surface area contributed by atoms with Crippen molar-refractivity contribution in [2.24, 2.45) is 11.8 Å². The van der Waals surface area contributed by atoms with E-state index in [1.54, 1.807) is 31.5 Å². The molecule has 10 heteroatoms. The van der Waals surface area contributed by atoms with Crippen molar-refractivity contribution in [2.45, 2.75) is 39.7 Å². The summed E-state index contributed by atoms with van der Waals surface area (Å²) in [5, 5.41) is 8.91. The molecule has 208 valence electrons. The molecule has 3 aromatic rings. The number of rotatable bonds is 9. The first kappa shape index (κ1) is 28.1. The number of methoxy groups -OCH3 is 1. The number of aromatic nitrogens is 1. The van der Waals surface area contributed by atoms with E-state index in [1.165, 1.54) is 12.1 Å². The van der Waals surface area contributed by atoms with E-state index < -0.39 is 17.6 Å². The number of piperidine rings is 1. The fourth-order valence-corrected chi connectivity index (χ4v) is 4.42. The third-order valence-corrected chi connectivity index (χ3v) is 6.63. The Kier molecular flexibility index (Phi) is 9.19. The van der Waals surface area contributed by atoms with E-state index in [4.69, 9.17) is 14.2 Å². The smallest absolute Gasteiger partial charge is 0.313 e. The summed E-state index contributed by atoms with van der Waals surface area (Å²) in [6, 6.07) is 9.15. The summed E-state index contributed by atoms with van der Waals surface area (Å²) in [5.74, 6) is -0.286. The molecule has 2 aromatic carbocycles. The van der Waals surface area contributed by atoms with Gasteiger partial charge in [0.2, 0.25) is 0 Å². The van der Waals surface area contributed by atoms with Gasteiger partial charge in [0.05, 0.1) is 18.7 Å². The molecule has 0 spiro atoms. The zero-order chi connectivity index (χ0) is 27.9. The Morgan fingerprint density at radius 1 is 1.03 bits per heavy atom. The number of hydrogen-bond acceptors (Lipinski definition) is 7. The van der Waals surface area contributed by atoms with Gasteiger partial charge in [-0.15, -0.1) is 0 Å². The summed E-state index contributed by atoms with van der Waals surface area (Å²) in [4.78, 5) is 28.5. The van der Waals surface area contributed by atoms with Crippen molar-refractivity contribution in [3.05, 3.63) is 48.4 Å². The van der Waals surface area contributed by atoms with E-state index in [1.807, 2.05) is 13.8 Å². The molecule has 0 radical (unpaired) electrons. The molecule has 39 heavy (non-hydrogen) atoms. The van der Waals surface area contributed by atoms with Crippen LogP contribution in [0.4, 0.5) is 10.1 Å². The standard InChI is InChI=1S/C29H35FN4O5/c1-17(2)16-33-28(35)29(36)34-20-5-6-25(22(30)13-20)39-24-9-12-32-23-15-27(26(37-4)14-21(23)24)38-18(3)19-7-10-31-11-8-19/h5-6,9,12-15,17-19,31H,7-8,10-11,16H2,1-4H3,(H,33,35)(H,34,36). The molecule has 4 rings (SSSR count). The first-order valence-corrected chi connectivity index (χ1v) is 13.2. The summed E-state index contributed by atoms with van der Waals surface area (Å²) in [7, 11) is 1.57. The third-order valence-electron chi connectivity index (χ3n) is 6.63. The number of ether oxygens (including phenoxy) is 3. The first-order valence-electron chi connectivity index (χ1n) is 13.2. The minimum absolute atomic E-state index is 0.00673. The highest BCUT2D eigenvalue weighted by atomic mass is 19.1. The third kappa shape index (κ3) is 7.14. The number of benzene rings is 2. The topological polar surface area (TPSA) is 111 Å². The van der Waals surface area contributed by atoms with Crippen LogP contribution in [0.2, 0.25) is 0 Å². The van der Waals surface area contributed by atoms with Crippen LogP contribution in [0.25, 0.3) is 10.9 Å².